The third kappa shape index (κ3) is 4.15. The van der Waals surface area contributed by atoms with Crippen molar-refractivity contribution in [1.29, 1.82) is 0 Å². The number of ether oxygens (including phenoxy) is 2. The average molecular weight is 216 g/mol. The van der Waals surface area contributed by atoms with Gasteiger partial charge in [0.25, 0.3) is 0 Å². The number of rotatable bonds is 4. The molecule has 0 radical (unpaired) electrons. The summed E-state index contributed by atoms with van der Waals surface area (Å²) >= 11 is 0. The fraction of sp³-hybridized carbons (Fsp3) is 0.900. The van der Waals surface area contributed by atoms with Crippen molar-refractivity contribution in [3.63, 3.8) is 0 Å². The lowest BCUT2D eigenvalue weighted by atomic mass is 10.2. The zero-order valence-electron chi connectivity index (χ0n) is 9.66. The predicted octanol–water partition coefficient (Wildman–Crippen LogP) is -0.532. The minimum Gasteiger partial charge on any atom is -0.376 e. The fourth-order valence-electron chi connectivity index (χ4n) is 1.44. The molecule has 1 heterocycles. The predicted molar refractivity (Wildman–Crippen MR) is 56.7 cm³/mol. The largest absolute Gasteiger partial charge is 0.376 e. The Morgan fingerprint density at radius 1 is 1.53 bits per heavy atom. The van der Waals surface area contributed by atoms with Crippen molar-refractivity contribution in [2.75, 3.05) is 40.5 Å². The number of carbonyl (C=O) groups is 1. The zero-order chi connectivity index (χ0) is 11.3. The van der Waals surface area contributed by atoms with Gasteiger partial charge in [-0.05, 0) is 6.92 Å². The Balaban J connectivity index is 2.20. The van der Waals surface area contributed by atoms with Crippen LogP contribution in [-0.4, -0.2) is 63.4 Å². The Kier molecular flexibility index (Phi) is 5.01. The first-order chi connectivity index (χ1) is 7.11. The van der Waals surface area contributed by atoms with E-state index >= 15 is 0 Å². The van der Waals surface area contributed by atoms with E-state index in [1.165, 1.54) is 0 Å². The molecule has 1 rings (SSSR count). The van der Waals surface area contributed by atoms with Crippen LogP contribution < -0.4 is 5.32 Å². The second kappa shape index (κ2) is 6.05. The summed E-state index contributed by atoms with van der Waals surface area (Å²) in [6, 6.07) is -0.175. The van der Waals surface area contributed by atoms with Gasteiger partial charge in [0.15, 0.2) is 0 Å². The van der Waals surface area contributed by atoms with Gasteiger partial charge in [0.05, 0.1) is 32.0 Å². The van der Waals surface area contributed by atoms with E-state index in [1.54, 1.807) is 19.0 Å². The van der Waals surface area contributed by atoms with E-state index in [2.05, 4.69) is 5.32 Å². The number of carbonyl (C=O) groups excluding carboxylic acids is 1. The summed E-state index contributed by atoms with van der Waals surface area (Å²) in [5, 5.41) is 3.14. The molecular formula is C10H20N2O3. The second-order valence-electron chi connectivity index (χ2n) is 3.93. The van der Waals surface area contributed by atoms with E-state index in [9.17, 15) is 4.79 Å². The molecule has 0 spiro atoms. The molecule has 2 atom stereocenters. The van der Waals surface area contributed by atoms with Gasteiger partial charge in [-0.2, -0.15) is 0 Å². The Labute approximate surface area is 90.7 Å². The number of nitrogens with zero attached hydrogens (tertiary/aromatic N) is 1. The van der Waals surface area contributed by atoms with Crippen molar-refractivity contribution in [2.45, 2.75) is 19.1 Å². The summed E-state index contributed by atoms with van der Waals surface area (Å²) in [7, 11) is 3.50. The molecule has 0 aromatic heterocycles. The molecule has 1 fully saturated rings. The van der Waals surface area contributed by atoms with Crippen molar-refractivity contribution in [1.82, 2.24) is 10.2 Å². The van der Waals surface area contributed by atoms with Crippen LogP contribution >= 0.6 is 0 Å². The van der Waals surface area contributed by atoms with Crippen LogP contribution in [0.4, 0.5) is 0 Å². The zero-order valence-corrected chi connectivity index (χ0v) is 9.66. The normalized spacial score (nSPS) is 23.5. The van der Waals surface area contributed by atoms with Gasteiger partial charge in [0, 0.05) is 20.6 Å². The molecule has 0 aliphatic carbocycles. The molecular weight excluding hydrogens is 196 g/mol. The molecule has 88 valence electrons. The number of nitrogens with one attached hydrogen (secondary N) is 1. The molecule has 0 saturated carbocycles. The first-order valence-corrected chi connectivity index (χ1v) is 5.25. The van der Waals surface area contributed by atoms with E-state index in [0.29, 0.717) is 26.4 Å². The van der Waals surface area contributed by atoms with Crippen molar-refractivity contribution >= 4 is 5.91 Å². The topological polar surface area (TPSA) is 50.8 Å². The fourth-order valence-corrected chi connectivity index (χ4v) is 1.44. The van der Waals surface area contributed by atoms with E-state index in [0.717, 1.165) is 0 Å². The van der Waals surface area contributed by atoms with Crippen molar-refractivity contribution in [2.24, 2.45) is 0 Å². The van der Waals surface area contributed by atoms with Crippen LogP contribution in [0.3, 0.4) is 0 Å². The first kappa shape index (κ1) is 12.4. The Bertz CT molecular complexity index is 203. The average Bonchev–Trinajstić information content (AvgIpc) is 2.26. The van der Waals surface area contributed by atoms with Gasteiger partial charge in [0.1, 0.15) is 0 Å². The smallest absolute Gasteiger partial charge is 0.238 e. The minimum atomic E-state index is -0.175. The molecule has 0 aromatic rings. The molecule has 2 unspecified atom stereocenters. The first-order valence-electron chi connectivity index (χ1n) is 5.25. The van der Waals surface area contributed by atoms with Gasteiger partial charge >= 0.3 is 0 Å². The summed E-state index contributed by atoms with van der Waals surface area (Å²) in [5.41, 5.74) is 0. The Morgan fingerprint density at radius 2 is 2.27 bits per heavy atom. The molecule has 1 aliphatic rings. The van der Waals surface area contributed by atoms with E-state index in [4.69, 9.17) is 9.47 Å². The maximum absolute atomic E-state index is 11.5. The van der Waals surface area contributed by atoms with E-state index in [-0.39, 0.29) is 18.1 Å². The molecule has 0 aromatic carbocycles. The molecule has 1 N–H and O–H groups in total. The Hall–Kier alpha value is -0.650. The van der Waals surface area contributed by atoms with Crippen LogP contribution in [-0.2, 0) is 14.3 Å². The SMILES string of the molecule is CC(NCC1COCCO1)C(=O)N(C)C. The van der Waals surface area contributed by atoms with Gasteiger partial charge in [-0.15, -0.1) is 0 Å². The summed E-state index contributed by atoms with van der Waals surface area (Å²) < 4.78 is 10.7. The highest BCUT2D eigenvalue weighted by atomic mass is 16.6. The van der Waals surface area contributed by atoms with E-state index in [1.807, 2.05) is 6.92 Å². The molecule has 0 bridgehead atoms. The van der Waals surface area contributed by atoms with Crippen LogP contribution in [0.1, 0.15) is 6.92 Å². The molecule has 1 amide bonds. The lowest BCUT2D eigenvalue weighted by Crippen LogP contribution is -2.46. The number of likely N-dealkylation sites (N-methyl/N-ethyl adjacent to an activating group) is 1. The number of hydrogen-bond donors (Lipinski definition) is 1. The van der Waals surface area contributed by atoms with Gasteiger partial charge in [-0.1, -0.05) is 0 Å². The summed E-state index contributed by atoms with van der Waals surface area (Å²) in [6.07, 6.45) is 0.0659. The summed E-state index contributed by atoms with van der Waals surface area (Å²) in [6.45, 7) is 4.42. The van der Waals surface area contributed by atoms with Gasteiger partial charge in [0.2, 0.25) is 5.91 Å². The van der Waals surface area contributed by atoms with Crippen LogP contribution in [0.5, 0.6) is 0 Å². The highest BCUT2D eigenvalue weighted by Crippen LogP contribution is 1.99. The van der Waals surface area contributed by atoms with Gasteiger partial charge in [-0.25, -0.2) is 0 Å². The quantitative estimate of drug-likeness (QED) is 0.686. The lowest BCUT2D eigenvalue weighted by Gasteiger charge is -2.25. The third-order valence-electron chi connectivity index (χ3n) is 2.35. The minimum absolute atomic E-state index is 0.0659. The molecule has 5 heteroatoms. The van der Waals surface area contributed by atoms with Gasteiger partial charge < -0.3 is 19.7 Å². The lowest BCUT2D eigenvalue weighted by molar-refractivity contribution is -0.131. The van der Waals surface area contributed by atoms with Gasteiger partial charge in [-0.3, -0.25) is 4.79 Å². The standard InChI is InChI=1S/C10H20N2O3/c1-8(10(13)12(2)3)11-6-9-7-14-4-5-15-9/h8-9,11H,4-7H2,1-3H3. The van der Waals surface area contributed by atoms with Crippen molar-refractivity contribution in [3.05, 3.63) is 0 Å². The number of amides is 1. The molecule has 1 aliphatic heterocycles. The number of hydrogen-bond acceptors (Lipinski definition) is 4. The Morgan fingerprint density at radius 3 is 2.80 bits per heavy atom. The molecule has 5 nitrogen and oxygen atoms in total. The monoisotopic (exact) mass is 216 g/mol. The van der Waals surface area contributed by atoms with Crippen molar-refractivity contribution in [3.8, 4) is 0 Å². The van der Waals surface area contributed by atoms with E-state index < -0.39 is 0 Å². The van der Waals surface area contributed by atoms with Crippen LogP contribution in [0.2, 0.25) is 0 Å². The second-order valence-corrected chi connectivity index (χ2v) is 3.93. The summed E-state index contributed by atoms with van der Waals surface area (Å²) in [5.74, 6) is 0.0757. The van der Waals surface area contributed by atoms with Crippen LogP contribution in [0.25, 0.3) is 0 Å². The maximum Gasteiger partial charge on any atom is 0.238 e. The molecule has 1 saturated heterocycles. The van der Waals surface area contributed by atoms with Crippen LogP contribution in [0.15, 0.2) is 0 Å². The van der Waals surface area contributed by atoms with Crippen molar-refractivity contribution < 1.29 is 14.3 Å². The van der Waals surface area contributed by atoms with Crippen LogP contribution in [0, 0.1) is 0 Å². The third-order valence-corrected chi connectivity index (χ3v) is 2.35. The molecule has 15 heavy (non-hydrogen) atoms. The summed E-state index contributed by atoms with van der Waals surface area (Å²) in [4.78, 5) is 13.1. The highest BCUT2D eigenvalue weighted by molar-refractivity contribution is 5.80. The highest BCUT2D eigenvalue weighted by Gasteiger charge is 2.18. The maximum atomic E-state index is 11.5.